The average molecular weight is 385 g/mol. The Morgan fingerprint density at radius 1 is 1.11 bits per heavy atom. The number of ether oxygens (including phenoxy) is 2. The first-order chi connectivity index (χ1) is 13.1. The van der Waals surface area contributed by atoms with Crippen molar-refractivity contribution in [2.24, 2.45) is 0 Å². The molecule has 0 aromatic heterocycles. The van der Waals surface area contributed by atoms with Crippen molar-refractivity contribution in [3.05, 3.63) is 54.1 Å². The van der Waals surface area contributed by atoms with Crippen LogP contribution in [0.2, 0.25) is 0 Å². The number of rotatable bonds is 7. The monoisotopic (exact) mass is 384 g/mol. The average Bonchev–Trinajstić information content (AvgIpc) is 3.16. The van der Waals surface area contributed by atoms with E-state index >= 15 is 0 Å². The van der Waals surface area contributed by atoms with Gasteiger partial charge in [0, 0.05) is 5.69 Å². The second kappa shape index (κ2) is 9.60. The van der Waals surface area contributed by atoms with Crippen molar-refractivity contribution < 1.29 is 9.47 Å². The third-order valence-corrected chi connectivity index (χ3v) is 4.90. The van der Waals surface area contributed by atoms with Gasteiger partial charge >= 0.3 is 0 Å². The number of para-hydroxylation sites is 1. The highest BCUT2D eigenvalue weighted by atomic mass is 32.1. The maximum Gasteiger partial charge on any atom is 0.171 e. The molecule has 27 heavy (non-hydrogen) atoms. The van der Waals surface area contributed by atoms with Crippen molar-refractivity contribution >= 4 is 23.0 Å². The fourth-order valence-corrected chi connectivity index (χ4v) is 3.50. The summed E-state index contributed by atoms with van der Waals surface area (Å²) in [5.41, 5.74) is 2.07. The summed E-state index contributed by atoms with van der Waals surface area (Å²) in [4.78, 5) is 0. The zero-order valence-electron chi connectivity index (χ0n) is 16.0. The summed E-state index contributed by atoms with van der Waals surface area (Å²) < 4.78 is 11.9. The maximum atomic E-state index is 5.99. The van der Waals surface area contributed by atoms with Crippen molar-refractivity contribution in [1.29, 1.82) is 0 Å². The fourth-order valence-electron chi connectivity index (χ4n) is 3.18. The van der Waals surface area contributed by atoms with Gasteiger partial charge in [0.2, 0.25) is 0 Å². The highest BCUT2D eigenvalue weighted by Gasteiger charge is 2.16. The molecule has 2 aromatic carbocycles. The third-order valence-electron chi connectivity index (χ3n) is 4.68. The molecule has 4 nitrogen and oxygen atoms in total. The van der Waals surface area contributed by atoms with Crippen molar-refractivity contribution in [2.75, 3.05) is 11.9 Å². The molecule has 0 bridgehead atoms. The van der Waals surface area contributed by atoms with Crippen LogP contribution in [0.3, 0.4) is 0 Å². The second-order valence-corrected chi connectivity index (χ2v) is 7.53. The zero-order valence-corrected chi connectivity index (χ0v) is 16.9. The Labute approximate surface area is 167 Å². The van der Waals surface area contributed by atoms with Gasteiger partial charge in [-0.05, 0) is 87.6 Å². The number of benzene rings is 2. The van der Waals surface area contributed by atoms with Crippen molar-refractivity contribution in [3.8, 4) is 11.5 Å². The standard InChI is InChI=1S/C22H28N2O2S/c1-16-7-3-6-10-21(16)25-15-17(2)23-22(27)24-18-11-13-20(14-12-18)26-19-8-4-5-9-19/h3,6-7,10-14,17,19H,4-5,8-9,15H2,1-2H3,(H2,23,24,27)/t17-/m0/s1. The van der Waals surface area contributed by atoms with E-state index in [0.717, 1.165) is 35.6 Å². The Morgan fingerprint density at radius 3 is 2.52 bits per heavy atom. The summed E-state index contributed by atoms with van der Waals surface area (Å²) in [6.45, 7) is 4.63. The van der Waals surface area contributed by atoms with Crippen LogP contribution in [0, 0.1) is 6.92 Å². The fraction of sp³-hybridized carbons (Fsp3) is 0.409. The molecule has 0 heterocycles. The Morgan fingerprint density at radius 2 is 1.81 bits per heavy atom. The van der Waals surface area contributed by atoms with E-state index in [1.165, 1.54) is 12.8 Å². The number of aryl methyl sites for hydroxylation is 1. The Balaban J connectivity index is 1.42. The molecule has 0 saturated heterocycles. The SMILES string of the molecule is Cc1ccccc1OC[C@H](C)NC(=S)Nc1ccc(OC2CCCC2)cc1. The molecule has 0 aliphatic heterocycles. The lowest BCUT2D eigenvalue weighted by molar-refractivity contribution is 0.210. The molecule has 1 fully saturated rings. The highest BCUT2D eigenvalue weighted by Crippen LogP contribution is 2.25. The first-order valence-electron chi connectivity index (χ1n) is 9.63. The quantitative estimate of drug-likeness (QED) is 0.653. The van der Waals surface area contributed by atoms with Gasteiger partial charge in [0.1, 0.15) is 18.1 Å². The summed E-state index contributed by atoms with van der Waals surface area (Å²) in [6.07, 6.45) is 5.25. The molecule has 0 spiro atoms. The van der Waals surface area contributed by atoms with E-state index in [1.54, 1.807) is 0 Å². The van der Waals surface area contributed by atoms with Crippen LogP contribution in [0.5, 0.6) is 11.5 Å². The summed E-state index contributed by atoms with van der Waals surface area (Å²) in [5.74, 6) is 1.83. The minimum atomic E-state index is 0.0922. The molecule has 5 heteroatoms. The smallest absolute Gasteiger partial charge is 0.171 e. The van der Waals surface area contributed by atoms with Crippen molar-refractivity contribution in [1.82, 2.24) is 5.32 Å². The summed E-state index contributed by atoms with van der Waals surface area (Å²) in [6, 6.07) is 16.1. The molecule has 1 aliphatic rings. The number of anilines is 1. The molecule has 1 aliphatic carbocycles. The van der Waals surface area contributed by atoms with Crippen LogP contribution in [-0.4, -0.2) is 23.9 Å². The van der Waals surface area contributed by atoms with Crippen LogP contribution >= 0.6 is 12.2 Å². The first kappa shape index (κ1) is 19.5. The Kier molecular flexibility index (Phi) is 6.93. The van der Waals surface area contributed by atoms with E-state index in [2.05, 4.69) is 10.6 Å². The van der Waals surface area contributed by atoms with Gasteiger partial charge in [-0.25, -0.2) is 0 Å². The lowest BCUT2D eigenvalue weighted by Crippen LogP contribution is -2.39. The third kappa shape index (κ3) is 6.14. The molecule has 0 unspecified atom stereocenters. The van der Waals surface area contributed by atoms with Crippen LogP contribution in [0.25, 0.3) is 0 Å². The molecule has 1 atom stereocenters. The maximum absolute atomic E-state index is 5.99. The van der Waals surface area contributed by atoms with Gasteiger partial charge in [-0.15, -0.1) is 0 Å². The van der Waals surface area contributed by atoms with Crippen molar-refractivity contribution in [3.63, 3.8) is 0 Å². The van der Waals surface area contributed by atoms with E-state index in [0.29, 0.717) is 17.8 Å². The highest BCUT2D eigenvalue weighted by molar-refractivity contribution is 7.80. The normalized spacial score (nSPS) is 15.2. The van der Waals surface area contributed by atoms with Crippen molar-refractivity contribution in [2.45, 2.75) is 51.7 Å². The summed E-state index contributed by atoms with van der Waals surface area (Å²) in [7, 11) is 0. The Bertz CT molecular complexity index is 742. The largest absolute Gasteiger partial charge is 0.491 e. The zero-order chi connectivity index (χ0) is 19.1. The first-order valence-corrected chi connectivity index (χ1v) is 10.0. The molecule has 1 saturated carbocycles. The molecule has 0 amide bonds. The van der Waals surface area contributed by atoms with Gasteiger partial charge in [0.15, 0.2) is 5.11 Å². The van der Waals surface area contributed by atoms with E-state index < -0.39 is 0 Å². The molecular formula is C22H28N2O2S. The molecule has 2 aromatic rings. The van der Waals surface area contributed by atoms with Crippen LogP contribution in [0.15, 0.2) is 48.5 Å². The van der Waals surface area contributed by atoms with Gasteiger partial charge < -0.3 is 20.1 Å². The van der Waals surface area contributed by atoms with Gasteiger partial charge in [-0.3, -0.25) is 0 Å². The number of thiocarbonyl (C=S) groups is 1. The summed E-state index contributed by atoms with van der Waals surface area (Å²) >= 11 is 5.41. The number of hydrogen-bond acceptors (Lipinski definition) is 3. The van der Waals surface area contributed by atoms with Gasteiger partial charge in [0.05, 0.1) is 12.1 Å². The van der Waals surface area contributed by atoms with E-state index in [-0.39, 0.29) is 6.04 Å². The molecule has 0 radical (unpaired) electrons. The topological polar surface area (TPSA) is 42.5 Å². The van der Waals surface area contributed by atoms with E-state index in [9.17, 15) is 0 Å². The van der Waals surface area contributed by atoms with Crippen LogP contribution in [0.1, 0.15) is 38.2 Å². The van der Waals surface area contributed by atoms with Gasteiger partial charge in [-0.2, -0.15) is 0 Å². The molecular weight excluding hydrogens is 356 g/mol. The predicted molar refractivity (Wildman–Crippen MR) is 115 cm³/mol. The predicted octanol–water partition coefficient (Wildman–Crippen LogP) is 5.07. The van der Waals surface area contributed by atoms with E-state index in [4.69, 9.17) is 21.7 Å². The second-order valence-electron chi connectivity index (χ2n) is 7.12. The van der Waals surface area contributed by atoms with Gasteiger partial charge in [-0.1, -0.05) is 18.2 Å². The van der Waals surface area contributed by atoms with Crippen LogP contribution < -0.4 is 20.1 Å². The molecule has 2 N–H and O–H groups in total. The van der Waals surface area contributed by atoms with Crippen LogP contribution in [0.4, 0.5) is 5.69 Å². The summed E-state index contributed by atoms with van der Waals surface area (Å²) in [5, 5.41) is 7.05. The molecule has 144 valence electrons. The minimum absolute atomic E-state index is 0.0922. The van der Waals surface area contributed by atoms with Gasteiger partial charge in [0.25, 0.3) is 0 Å². The van der Waals surface area contributed by atoms with Crippen LogP contribution in [-0.2, 0) is 0 Å². The lowest BCUT2D eigenvalue weighted by atomic mass is 10.2. The minimum Gasteiger partial charge on any atom is -0.491 e. The molecule has 3 rings (SSSR count). The Hall–Kier alpha value is -2.27. The number of hydrogen-bond donors (Lipinski definition) is 2. The lowest BCUT2D eigenvalue weighted by Gasteiger charge is -2.18. The van der Waals surface area contributed by atoms with E-state index in [1.807, 2.05) is 62.4 Å². The number of nitrogens with one attached hydrogen (secondary N) is 2.